The topological polar surface area (TPSA) is 83.4 Å². The molecule has 3 rings (SSSR count). The first kappa shape index (κ1) is 17.7. The molecule has 1 aliphatic heterocycles. The molecule has 0 bridgehead atoms. The SMILES string of the molecule is CCNC(=NCCc1cccc2cccnc12)NC1CCS(=O)(=O)C1. The smallest absolute Gasteiger partial charge is 0.191 e. The molecule has 0 spiro atoms. The van der Waals surface area contributed by atoms with Crippen LogP contribution in [0.15, 0.2) is 41.5 Å². The molecule has 6 nitrogen and oxygen atoms in total. The van der Waals surface area contributed by atoms with E-state index >= 15 is 0 Å². The molecule has 1 saturated heterocycles. The Morgan fingerprint density at radius 3 is 2.92 bits per heavy atom. The van der Waals surface area contributed by atoms with E-state index in [1.807, 2.05) is 19.1 Å². The van der Waals surface area contributed by atoms with Gasteiger partial charge in [0.05, 0.1) is 17.0 Å². The summed E-state index contributed by atoms with van der Waals surface area (Å²) in [6, 6.07) is 10.1. The maximum atomic E-state index is 11.6. The number of fused-ring (bicyclic) bond motifs is 1. The standard InChI is InChI=1S/C18H24N4O2S/c1-2-19-18(22-16-9-12-25(23,24)13-16)21-11-8-15-6-3-5-14-7-4-10-20-17(14)15/h3-7,10,16H,2,8-9,11-13H2,1H3,(H2,19,21,22). The third-order valence-corrected chi connectivity index (χ3v) is 6.05. The van der Waals surface area contributed by atoms with Crippen molar-refractivity contribution >= 4 is 26.7 Å². The highest BCUT2D eigenvalue weighted by molar-refractivity contribution is 7.91. The molecule has 0 amide bonds. The summed E-state index contributed by atoms with van der Waals surface area (Å²) >= 11 is 0. The molecule has 7 heteroatoms. The van der Waals surface area contributed by atoms with Crippen LogP contribution >= 0.6 is 0 Å². The fourth-order valence-electron chi connectivity index (χ4n) is 3.08. The van der Waals surface area contributed by atoms with E-state index in [4.69, 9.17) is 0 Å². The average molecular weight is 360 g/mol. The van der Waals surface area contributed by atoms with Gasteiger partial charge >= 0.3 is 0 Å². The molecule has 0 radical (unpaired) electrons. The number of hydrogen-bond donors (Lipinski definition) is 2. The Labute approximate surface area is 148 Å². The number of hydrogen-bond acceptors (Lipinski definition) is 4. The van der Waals surface area contributed by atoms with E-state index in [1.54, 1.807) is 6.20 Å². The molecule has 0 saturated carbocycles. The zero-order valence-electron chi connectivity index (χ0n) is 14.4. The Hall–Kier alpha value is -2.15. The summed E-state index contributed by atoms with van der Waals surface area (Å²) in [6.07, 6.45) is 3.23. The Balaban J connectivity index is 1.65. The quantitative estimate of drug-likeness (QED) is 0.624. The molecular formula is C18H24N4O2S. The van der Waals surface area contributed by atoms with Crippen LogP contribution in [0, 0.1) is 0 Å². The summed E-state index contributed by atoms with van der Waals surface area (Å²) in [5, 5.41) is 7.56. The minimum Gasteiger partial charge on any atom is -0.357 e. The monoisotopic (exact) mass is 360 g/mol. The van der Waals surface area contributed by atoms with Crippen LogP contribution in [0.4, 0.5) is 0 Å². The zero-order chi connectivity index (χ0) is 17.7. The van der Waals surface area contributed by atoms with Crippen molar-refractivity contribution in [3.8, 4) is 0 Å². The number of benzene rings is 1. The van der Waals surface area contributed by atoms with Crippen molar-refractivity contribution in [2.24, 2.45) is 4.99 Å². The van der Waals surface area contributed by atoms with Crippen molar-refractivity contribution in [3.05, 3.63) is 42.1 Å². The molecule has 2 N–H and O–H groups in total. The lowest BCUT2D eigenvalue weighted by molar-refractivity contribution is 0.599. The van der Waals surface area contributed by atoms with Crippen LogP contribution in [0.25, 0.3) is 10.9 Å². The van der Waals surface area contributed by atoms with E-state index in [9.17, 15) is 8.42 Å². The number of para-hydroxylation sites is 1. The molecular weight excluding hydrogens is 336 g/mol. The van der Waals surface area contributed by atoms with E-state index in [0.717, 1.165) is 23.9 Å². The van der Waals surface area contributed by atoms with Gasteiger partial charge in [-0.15, -0.1) is 0 Å². The summed E-state index contributed by atoms with van der Waals surface area (Å²) in [5.74, 6) is 1.12. The molecule has 2 aromatic rings. The number of nitrogens with one attached hydrogen (secondary N) is 2. The third-order valence-electron chi connectivity index (χ3n) is 4.28. The Morgan fingerprint density at radius 2 is 2.16 bits per heavy atom. The second-order valence-corrected chi connectivity index (χ2v) is 8.48. The van der Waals surface area contributed by atoms with Gasteiger partial charge in [0.2, 0.25) is 0 Å². The second kappa shape index (κ2) is 7.82. The maximum Gasteiger partial charge on any atom is 0.191 e. The zero-order valence-corrected chi connectivity index (χ0v) is 15.2. The van der Waals surface area contributed by atoms with E-state index in [0.29, 0.717) is 18.9 Å². The van der Waals surface area contributed by atoms with E-state index < -0.39 is 9.84 Å². The van der Waals surface area contributed by atoms with Crippen LogP contribution in [0.2, 0.25) is 0 Å². The predicted octanol–water partition coefficient (Wildman–Crippen LogP) is 1.52. The molecule has 0 aliphatic carbocycles. The van der Waals surface area contributed by atoms with Crippen LogP contribution in [0.1, 0.15) is 18.9 Å². The van der Waals surface area contributed by atoms with Gasteiger partial charge in [-0.3, -0.25) is 9.98 Å². The Morgan fingerprint density at radius 1 is 1.32 bits per heavy atom. The first-order chi connectivity index (χ1) is 12.1. The first-order valence-corrected chi connectivity index (χ1v) is 10.5. The van der Waals surface area contributed by atoms with Crippen molar-refractivity contribution in [3.63, 3.8) is 0 Å². The lowest BCUT2D eigenvalue weighted by Gasteiger charge is -2.15. The molecule has 1 unspecified atom stereocenters. The van der Waals surface area contributed by atoms with Crippen molar-refractivity contribution in [1.82, 2.24) is 15.6 Å². The number of rotatable bonds is 5. The number of guanidine groups is 1. The van der Waals surface area contributed by atoms with Crippen LogP contribution in [-0.2, 0) is 16.3 Å². The lowest BCUT2D eigenvalue weighted by atomic mass is 10.1. The van der Waals surface area contributed by atoms with E-state index in [1.165, 1.54) is 5.56 Å². The summed E-state index contributed by atoms with van der Waals surface area (Å²) in [5.41, 5.74) is 2.18. The van der Waals surface area contributed by atoms with Crippen LogP contribution < -0.4 is 10.6 Å². The minimum absolute atomic E-state index is 0.0537. The Kier molecular flexibility index (Phi) is 5.53. The van der Waals surface area contributed by atoms with Crippen molar-refractivity contribution in [1.29, 1.82) is 0 Å². The summed E-state index contributed by atoms with van der Waals surface area (Å²) in [7, 11) is -2.90. The highest BCUT2D eigenvalue weighted by Gasteiger charge is 2.28. The fourth-order valence-corrected chi connectivity index (χ4v) is 4.75. The van der Waals surface area contributed by atoms with Crippen LogP contribution in [0.5, 0.6) is 0 Å². The van der Waals surface area contributed by atoms with Gasteiger partial charge in [-0.05, 0) is 31.4 Å². The number of aliphatic imine (C=N–C) groups is 1. The second-order valence-electron chi connectivity index (χ2n) is 6.25. The predicted molar refractivity (Wildman–Crippen MR) is 102 cm³/mol. The first-order valence-electron chi connectivity index (χ1n) is 8.65. The van der Waals surface area contributed by atoms with Crippen LogP contribution in [0.3, 0.4) is 0 Å². The van der Waals surface area contributed by atoms with Gasteiger partial charge in [-0.25, -0.2) is 8.42 Å². The van der Waals surface area contributed by atoms with Crippen molar-refractivity contribution in [2.75, 3.05) is 24.6 Å². The van der Waals surface area contributed by atoms with Gasteiger partial charge in [0, 0.05) is 30.7 Å². The third kappa shape index (κ3) is 4.69. The largest absolute Gasteiger partial charge is 0.357 e. The molecule has 25 heavy (non-hydrogen) atoms. The summed E-state index contributed by atoms with van der Waals surface area (Å²) < 4.78 is 23.2. The fraction of sp³-hybridized carbons (Fsp3) is 0.444. The van der Waals surface area contributed by atoms with Gasteiger partial charge in [0.1, 0.15) is 0 Å². The summed E-state index contributed by atoms with van der Waals surface area (Å²) in [6.45, 7) is 3.35. The van der Waals surface area contributed by atoms with Gasteiger partial charge in [-0.2, -0.15) is 0 Å². The number of nitrogens with zero attached hydrogens (tertiary/aromatic N) is 2. The van der Waals surface area contributed by atoms with E-state index in [-0.39, 0.29) is 17.5 Å². The number of pyridine rings is 1. The number of sulfone groups is 1. The van der Waals surface area contributed by atoms with Crippen LogP contribution in [-0.4, -0.2) is 50.0 Å². The lowest BCUT2D eigenvalue weighted by Crippen LogP contribution is -2.44. The average Bonchev–Trinajstić information content (AvgIpc) is 2.94. The van der Waals surface area contributed by atoms with Gasteiger partial charge in [0.15, 0.2) is 15.8 Å². The highest BCUT2D eigenvalue weighted by Crippen LogP contribution is 2.16. The molecule has 1 aromatic heterocycles. The van der Waals surface area contributed by atoms with E-state index in [2.05, 4.69) is 38.8 Å². The molecule has 1 atom stereocenters. The van der Waals surface area contributed by atoms with Gasteiger partial charge < -0.3 is 10.6 Å². The molecule has 1 aromatic carbocycles. The van der Waals surface area contributed by atoms with Crippen molar-refractivity contribution < 1.29 is 8.42 Å². The molecule has 134 valence electrons. The highest BCUT2D eigenvalue weighted by atomic mass is 32.2. The maximum absolute atomic E-state index is 11.6. The summed E-state index contributed by atoms with van der Waals surface area (Å²) in [4.78, 5) is 9.07. The number of aromatic nitrogens is 1. The minimum atomic E-state index is -2.90. The van der Waals surface area contributed by atoms with Crippen molar-refractivity contribution in [2.45, 2.75) is 25.8 Å². The van der Waals surface area contributed by atoms with Gasteiger partial charge in [0.25, 0.3) is 0 Å². The molecule has 2 heterocycles. The normalized spacial score (nSPS) is 19.9. The van der Waals surface area contributed by atoms with Gasteiger partial charge in [-0.1, -0.05) is 24.3 Å². The molecule has 1 aliphatic rings. The molecule has 1 fully saturated rings. The Bertz CT molecular complexity index is 859.